The van der Waals surface area contributed by atoms with Crippen LogP contribution >= 0.6 is 11.3 Å². The van der Waals surface area contributed by atoms with Crippen LogP contribution in [0.15, 0.2) is 6.07 Å². The third-order valence-corrected chi connectivity index (χ3v) is 4.86. The summed E-state index contributed by atoms with van der Waals surface area (Å²) < 4.78 is 0. The van der Waals surface area contributed by atoms with Crippen molar-refractivity contribution < 1.29 is 14.7 Å². The van der Waals surface area contributed by atoms with Crippen molar-refractivity contribution in [3.8, 4) is 0 Å². The number of rotatable bonds is 6. The lowest BCUT2D eigenvalue weighted by atomic mass is 10.0. The van der Waals surface area contributed by atoms with Crippen LogP contribution in [0.5, 0.6) is 0 Å². The summed E-state index contributed by atoms with van der Waals surface area (Å²) in [5, 5.41) is 9.21. The average molecular weight is 297 g/mol. The fourth-order valence-corrected chi connectivity index (χ4v) is 3.20. The third-order valence-electron chi connectivity index (χ3n) is 3.63. The van der Waals surface area contributed by atoms with E-state index in [2.05, 4.69) is 13.8 Å². The maximum Gasteiger partial charge on any atom is 0.329 e. The Hall–Kier alpha value is -1.36. The second-order valence-electron chi connectivity index (χ2n) is 5.39. The Bertz CT molecular complexity index is 505. The van der Waals surface area contributed by atoms with Crippen molar-refractivity contribution in [3.05, 3.63) is 21.4 Å². The first-order chi connectivity index (χ1) is 9.25. The molecule has 1 aromatic rings. The molecule has 1 N–H and O–H groups in total. The molecular weight excluding hydrogens is 274 g/mol. The molecule has 0 atom stereocenters. The first-order valence-corrected chi connectivity index (χ1v) is 7.70. The van der Waals surface area contributed by atoms with Crippen molar-refractivity contribution >= 4 is 23.2 Å². The maximum atomic E-state index is 12.5. The number of thiophene rings is 1. The zero-order valence-corrected chi connectivity index (χ0v) is 13.6. The van der Waals surface area contributed by atoms with Gasteiger partial charge in [0.2, 0.25) is 0 Å². The maximum absolute atomic E-state index is 12.5. The van der Waals surface area contributed by atoms with Gasteiger partial charge in [0.05, 0.1) is 4.88 Å². The molecule has 0 unspecified atom stereocenters. The zero-order valence-electron chi connectivity index (χ0n) is 12.8. The van der Waals surface area contributed by atoms with E-state index < -0.39 is 11.5 Å². The second kappa shape index (κ2) is 6.39. The zero-order chi connectivity index (χ0) is 15.5. The number of aliphatic carboxylic acids is 1. The molecule has 0 saturated carbocycles. The Morgan fingerprint density at radius 1 is 1.35 bits per heavy atom. The lowest BCUT2D eigenvalue weighted by Gasteiger charge is -2.31. The van der Waals surface area contributed by atoms with E-state index in [1.807, 2.05) is 6.07 Å². The molecule has 112 valence electrons. The Labute approximate surface area is 124 Å². The van der Waals surface area contributed by atoms with Crippen LogP contribution < -0.4 is 0 Å². The molecule has 0 bridgehead atoms. The molecule has 5 heteroatoms. The molecule has 0 aromatic carbocycles. The Kier molecular flexibility index (Phi) is 5.34. The number of carboxylic acids is 1. The van der Waals surface area contributed by atoms with E-state index in [4.69, 9.17) is 0 Å². The molecule has 1 aromatic heterocycles. The van der Waals surface area contributed by atoms with Crippen molar-refractivity contribution in [3.63, 3.8) is 0 Å². The van der Waals surface area contributed by atoms with Gasteiger partial charge in [-0.3, -0.25) is 4.79 Å². The van der Waals surface area contributed by atoms with Gasteiger partial charge in [-0.2, -0.15) is 0 Å². The van der Waals surface area contributed by atoms with E-state index in [1.165, 1.54) is 40.5 Å². The van der Waals surface area contributed by atoms with Crippen LogP contribution in [0.25, 0.3) is 0 Å². The van der Waals surface area contributed by atoms with E-state index in [0.29, 0.717) is 4.88 Å². The topological polar surface area (TPSA) is 57.6 Å². The minimum Gasteiger partial charge on any atom is -0.480 e. The molecule has 0 aliphatic rings. The Morgan fingerprint density at radius 2 is 1.95 bits per heavy atom. The molecule has 0 spiro atoms. The van der Waals surface area contributed by atoms with Gasteiger partial charge in [0, 0.05) is 11.9 Å². The number of likely N-dealkylation sites (N-methyl/N-ethyl adjacent to an activating group) is 1. The molecule has 0 aliphatic heterocycles. The van der Waals surface area contributed by atoms with Crippen LogP contribution in [0.1, 0.15) is 54.2 Å². The summed E-state index contributed by atoms with van der Waals surface area (Å²) in [6, 6.07) is 1.91. The lowest BCUT2D eigenvalue weighted by Crippen LogP contribution is -2.50. The summed E-state index contributed by atoms with van der Waals surface area (Å²) in [4.78, 5) is 26.9. The summed E-state index contributed by atoms with van der Waals surface area (Å²) >= 11 is 1.49. The van der Waals surface area contributed by atoms with Gasteiger partial charge in [0.25, 0.3) is 5.91 Å². The first-order valence-electron chi connectivity index (χ1n) is 6.88. The predicted molar refractivity (Wildman–Crippen MR) is 81.5 cm³/mol. The van der Waals surface area contributed by atoms with Crippen LogP contribution in [0.3, 0.4) is 0 Å². The molecular formula is C15H23NO3S. The summed E-state index contributed by atoms with van der Waals surface area (Å²) in [6.45, 7) is 7.25. The van der Waals surface area contributed by atoms with E-state index in [0.717, 1.165) is 19.3 Å². The number of carbonyl (C=O) groups is 2. The monoisotopic (exact) mass is 297 g/mol. The molecule has 1 amide bonds. The molecule has 0 fully saturated rings. The predicted octanol–water partition coefficient (Wildman–Crippen LogP) is 3.20. The van der Waals surface area contributed by atoms with Crippen LogP contribution in [0.2, 0.25) is 0 Å². The minimum absolute atomic E-state index is 0.223. The van der Waals surface area contributed by atoms with Gasteiger partial charge in [-0.15, -0.1) is 11.3 Å². The molecule has 4 nitrogen and oxygen atoms in total. The fraction of sp³-hybridized carbons (Fsp3) is 0.600. The van der Waals surface area contributed by atoms with Crippen LogP contribution in [-0.4, -0.2) is 34.5 Å². The van der Waals surface area contributed by atoms with Gasteiger partial charge in [-0.05, 0) is 38.3 Å². The van der Waals surface area contributed by atoms with E-state index in [-0.39, 0.29) is 5.91 Å². The van der Waals surface area contributed by atoms with Crippen LogP contribution in [0.4, 0.5) is 0 Å². The number of carbonyl (C=O) groups excluding carboxylic acids is 1. The summed E-state index contributed by atoms with van der Waals surface area (Å²) in [6.07, 6.45) is 2.90. The highest BCUT2D eigenvalue weighted by Crippen LogP contribution is 2.27. The second-order valence-corrected chi connectivity index (χ2v) is 6.53. The van der Waals surface area contributed by atoms with Gasteiger partial charge in [0.15, 0.2) is 0 Å². The van der Waals surface area contributed by atoms with E-state index in [9.17, 15) is 14.7 Å². The summed E-state index contributed by atoms with van der Waals surface area (Å²) in [5.41, 5.74) is -0.0139. The highest BCUT2D eigenvalue weighted by Gasteiger charge is 2.36. The third kappa shape index (κ3) is 3.20. The Balaban J connectivity index is 3.06. The SMILES string of the molecule is CCCc1sc(C(=O)N(C)C(C)(C)C(=O)O)cc1CC. The number of amides is 1. The largest absolute Gasteiger partial charge is 0.480 e. The van der Waals surface area contributed by atoms with Gasteiger partial charge in [-0.25, -0.2) is 4.79 Å². The van der Waals surface area contributed by atoms with Crippen LogP contribution in [-0.2, 0) is 17.6 Å². The summed E-state index contributed by atoms with van der Waals surface area (Å²) in [7, 11) is 1.54. The van der Waals surface area contributed by atoms with Crippen molar-refractivity contribution in [2.45, 2.75) is 52.5 Å². The lowest BCUT2D eigenvalue weighted by molar-refractivity contribution is -0.147. The van der Waals surface area contributed by atoms with Gasteiger partial charge >= 0.3 is 5.97 Å². The molecule has 1 heterocycles. The van der Waals surface area contributed by atoms with Gasteiger partial charge < -0.3 is 10.0 Å². The highest BCUT2D eigenvalue weighted by atomic mass is 32.1. The van der Waals surface area contributed by atoms with E-state index >= 15 is 0 Å². The quantitative estimate of drug-likeness (QED) is 0.877. The van der Waals surface area contributed by atoms with Crippen molar-refractivity contribution in [2.75, 3.05) is 7.05 Å². The number of carboxylic acid groups (broad SMARTS) is 1. The van der Waals surface area contributed by atoms with Crippen molar-refractivity contribution in [2.24, 2.45) is 0 Å². The molecule has 20 heavy (non-hydrogen) atoms. The van der Waals surface area contributed by atoms with Gasteiger partial charge in [-0.1, -0.05) is 20.3 Å². The smallest absolute Gasteiger partial charge is 0.329 e. The van der Waals surface area contributed by atoms with Crippen molar-refractivity contribution in [1.82, 2.24) is 4.90 Å². The van der Waals surface area contributed by atoms with E-state index in [1.54, 1.807) is 7.05 Å². The standard InChI is InChI=1S/C15H23NO3S/c1-6-8-11-10(7-2)9-12(20-11)13(17)16(5)15(3,4)14(18)19/h9H,6-8H2,1-5H3,(H,18,19). The average Bonchev–Trinajstić information content (AvgIpc) is 2.80. The number of hydrogen-bond acceptors (Lipinski definition) is 3. The number of hydrogen-bond donors (Lipinski definition) is 1. The van der Waals surface area contributed by atoms with Crippen LogP contribution in [0, 0.1) is 0 Å². The Morgan fingerprint density at radius 3 is 2.40 bits per heavy atom. The minimum atomic E-state index is -1.21. The number of nitrogens with zero attached hydrogens (tertiary/aromatic N) is 1. The van der Waals surface area contributed by atoms with Gasteiger partial charge in [0.1, 0.15) is 5.54 Å². The molecule has 0 radical (unpaired) electrons. The fourth-order valence-electron chi connectivity index (χ4n) is 1.87. The molecule has 0 aliphatic carbocycles. The first kappa shape index (κ1) is 16.7. The van der Waals surface area contributed by atoms with Crippen molar-refractivity contribution in [1.29, 1.82) is 0 Å². The normalized spacial score (nSPS) is 11.4. The molecule has 1 rings (SSSR count). The highest BCUT2D eigenvalue weighted by molar-refractivity contribution is 7.14. The number of aryl methyl sites for hydroxylation is 2. The molecule has 0 saturated heterocycles. The summed E-state index contributed by atoms with van der Waals surface area (Å²) in [5.74, 6) is -1.23.